The zero-order valence-corrected chi connectivity index (χ0v) is 5.78. The Morgan fingerprint density at radius 3 is 3.27 bits per heavy atom. The van der Waals surface area contributed by atoms with Crippen LogP contribution in [0, 0.1) is 0 Å². The third-order valence-electron chi connectivity index (χ3n) is 1.46. The number of nitrogens with two attached hydrogens (primary N) is 1. The lowest BCUT2D eigenvalue weighted by Crippen LogP contribution is -2.10. The van der Waals surface area contributed by atoms with Gasteiger partial charge >= 0.3 is 5.65 Å². The second-order valence-corrected chi connectivity index (χ2v) is 2.15. The molecule has 0 aliphatic carbocycles. The van der Waals surface area contributed by atoms with Crippen molar-refractivity contribution in [2.75, 3.05) is 5.43 Å². The van der Waals surface area contributed by atoms with Crippen LogP contribution in [-0.2, 0) is 0 Å². The fraction of sp³-hybridized carbons (Fsp3) is 0. The summed E-state index contributed by atoms with van der Waals surface area (Å²) in [6.45, 7) is 0. The average Bonchev–Trinajstić information content (AvgIpc) is 2.50. The van der Waals surface area contributed by atoms with Crippen LogP contribution in [0.5, 0.6) is 0 Å². The summed E-state index contributed by atoms with van der Waals surface area (Å²) in [7, 11) is 0. The number of aromatic nitrogens is 3. The number of rotatable bonds is 1. The van der Waals surface area contributed by atoms with Crippen molar-refractivity contribution in [3.8, 4) is 0 Å². The number of aromatic amines is 1. The maximum Gasteiger partial charge on any atom is 0.304 e. The van der Waals surface area contributed by atoms with Gasteiger partial charge in [0, 0.05) is 6.07 Å². The fourth-order valence-electron chi connectivity index (χ4n) is 0.936. The van der Waals surface area contributed by atoms with Gasteiger partial charge in [-0.2, -0.15) is 0 Å². The summed E-state index contributed by atoms with van der Waals surface area (Å²) in [6, 6.07) is 3.69. The predicted octanol–water partition coefficient (Wildman–Crippen LogP) is -0.566. The van der Waals surface area contributed by atoms with E-state index in [1.807, 2.05) is 18.5 Å². The van der Waals surface area contributed by atoms with E-state index >= 15 is 0 Å². The molecule has 0 atom stereocenters. The smallest absolute Gasteiger partial charge is 0.304 e. The zero-order chi connectivity index (χ0) is 7.68. The molecule has 2 aromatic heterocycles. The lowest BCUT2D eigenvalue weighted by atomic mass is 10.5. The van der Waals surface area contributed by atoms with E-state index in [0.29, 0.717) is 5.82 Å². The Morgan fingerprint density at radius 1 is 1.55 bits per heavy atom. The molecule has 2 aromatic rings. The first-order valence-corrected chi connectivity index (χ1v) is 3.23. The van der Waals surface area contributed by atoms with Crippen LogP contribution in [0.1, 0.15) is 0 Å². The quantitative estimate of drug-likeness (QED) is 0.422. The molecule has 0 fully saturated rings. The molecule has 56 valence electrons. The topological polar surface area (TPSA) is 69.5 Å². The van der Waals surface area contributed by atoms with Crippen molar-refractivity contribution in [3.63, 3.8) is 0 Å². The molecule has 0 amide bonds. The Bertz CT molecular complexity index is 366. The molecule has 0 bridgehead atoms. The molecule has 0 aliphatic rings. The van der Waals surface area contributed by atoms with Gasteiger partial charge in [0.25, 0.3) is 0 Å². The summed E-state index contributed by atoms with van der Waals surface area (Å²) < 4.78 is 1.70. The number of hydrogen-bond acceptors (Lipinski definition) is 3. The van der Waals surface area contributed by atoms with Crippen molar-refractivity contribution in [1.29, 1.82) is 0 Å². The molecule has 2 heterocycles. The van der Waals surface area contributed by atoms with Crippen molar-refractivity contribution < 1.29 is 4.98 Å². The number of anilines is 1. The fourth-order valence-corrected chi connectivity index (χ4v) is 0.936. The highest BCUT2D eigenvalue weighted by atomic mass is 15.3. The minimum Gasteiger partial charge on any atom is -0.305 e. The molecular formula is C6H8N5+. The van der Waals surface area contributed by atoms with Crippen molar-refractivity contribution in [2.45, 2.75) is 0 Å². The number of imidazole rings is 1. The lowest BCUT2D eigenvalue weighted by Gasteiger charge is -1.92. The molecule has 0 saturated heterocycles. The highest BCUT2D eigenvalue weighted by Gasteiger charge is 2.01. The number of nitrogens with one attached hydrogen (secondary N) is 2. The van der Waals surface area contributed by atoms with E-state index in [4.69, 9.17) is 5.84 Å². The van der Waals surface area contributed by atoms with Crippen molar-refractivity contribution in [1.82, 2.24) is 9.61 Å². The molecule has 0 saturated carbocycles. The molecular weight excluding hydrogens is 142 g/mol. The van der Waals surface area contributed by atoms with Crippen LogP contribution in [0.2, 0.25) is 0 Å². The summed E-state index contributed by atoms with van der Waals surface area (Å²) >= 11 is 0. The molecule has 0 aliphatic heterocycles. The van der Waals surface area contributed by atoms with Crippen LogP contribution in [0.4, 0.5) is 5.82 Å². The summed E-state index contributed by atoms with van der Waals surface area (Å²) in [5, 5.41) is 4.10. The summed E-state index contributed by atoms with van der Waals surface area (Å²) in [6.07, 6.45) is 3.62. The molecule has 5 heteroatoms. The van der Waals surface area contributed by atoms with Crippen LogP contribution in [0.25, 0.3) is 5.65 Å². The van der Waals surface area contributed by atoms with Crippen molar-refractivity contribution in [2.24, 2.45) is 5.84 Å². The van der Waals surface area contributed by atoms with Gasteiger partial charge in [-0.05, 0) is 6.07 Å². The number of hydrazine groups is 1. The first kappa shape index (κ1) is 6.11. The first-order chi connectivity index (χ1) is 5.40. The monoisotopic (exact) mass is 150 g/mol. The minimum atomic E-state index is 0.641. The van der Waals surface area contributed by atoms with Gasteiger partial charge in [0.15, 0.2) is 12.0 Å². The number of nitrogen functional groups attached to an aromatic ring is 1. The zero-order valence-electron chi connectivity index (χ0n) is 5.78. The number of H-pyrrole nitrogens is 1. The van der Waals surface area contributed by atoms with Gasteiger partial charge in [-0.25, -0.2) is 10.8 Å². The Balaban J connectivity index is 2.67. The van der Waals surface area contributed by atoms with Crippen LogP contribution < -0.4 is 16.3 Å². The molecule has 0 radical (unpaired) electrons. The molecule has 5 nitrogen and oxygen atoms in total. The van der Waals surface area contributed by atoms with Crippen LogP contribution in [0.3, 0.4) is 0 Å². The van der Waals surface area contributed by atoms with Gasteiger partial charge in [0.05, 0.1) is 0 Å². The third-order valence-corrected chi connectivity index (χ3v) is 1.46. The number of hydrogen-bond donors (Lipinski definition) is 2. The maximum atomic E-state index is 5.17. The van der Waals surface area contributed by atoms with Crippen molar-refractivity contribution >= 4 is 11.5 Å². The highest BCUT2D eigenvalue weighted by molar-refractivity contribution is 5.39. The van der Waals surface area contributed by atoms with E-state index in [-0.39, 0.29) is 0 Å². The van der Waals surface area contributed by atoms with E-state index in [2.05, 4.69) is 15.5 Å². The number of nitrogens with zero attached hydrogens (tertiary/aromatic N) is 2. The summed E-state index contributed by atoms with van der Waals surface area (Å²) in [4.78, 5) is 3.00. The van der Waals surface area contributed by atoms with Gasteiger partial charge in [0.2, 0.25) is 0 Å². The normalized spacial score (nSPS) is 10.3. The van der Waals surface area contributed by atoms with E-state index < -0.39 is 0 Å². The van der Waals surface area contributed by atoms with Crippen LogP contribution in [0.15, 0.2) is 24.5 Å². The van der Waals surface area contributed by atoms with E-state index in [9.17, 15) is 0 Å². The standard InChI is InChI=1S/C6H7N5/c7-9-5-1-2-6-8-3-4-11(6)10-5/h1-4H,7H2,(H,9,10)/p+1. The Hall–Kier alpha value is -1.62. The van der Waals surface area contributed by atoms with E-state index in [1.54, 1.807) is 10.6 Å². The Morgan fingerprint density at radius 2 is 2.45 bits per heavy atom. The minimum absolute atomic E-state index is 0.641. The molecule has 0 spiro atoms. The Kier molecular flexibility index (Phi) is 1.23. The largest absolute Gasteiger partial charge is 0.305 e. The van der Waals surface area contributed by atoms with E-state index in [1.165, 1.54) is 0 Å². The number of fused-ring (bicyclic) bond motifs is 1. The van der Waals surface area contributed by atoms with Crippen LogP contribution >= 0.6 is 0 Å². The molecule has 0 unspecified atom stereocenters. The van der Waals surface area contributed by atoms with Crippen LogP contribution in [-0.4, -0.2) is 9.61 Å². The van der Waals surface area contributed by atoms with Crippen molar-refractivity contribution in [3.05, 3.63) is 24.5 Å². The third kappa shape index (κ3) is 0.908. The second kappa shape index (κ2) is 2.21. The maximum absolute atomic E-state index is 5.17. The summed E-state index contributed by atoms with van der Waals surface area (Å²) in [5.41, 5.74) is 3.40. The molecule has 0 aromatic carbocycles. The van der Waals surface area contributed by atoms with Gasteiger partial charge < -0.3 is 5.43 Å². The summed E-state index contributed by atoms with van der Waals surface area (Å²) in [5.74, 6) is 5.81. The predicted molar refractivity (Wildman–Crippen MR) is 39.6 cm³/mol. The molecule has 4 N–H and O–H groups in total. The van der Waals surface area contributed by atoms with Gasteiger partial charge in [0.1, 0.15) is 6.20 Å². The van der Waals surface area contributed by atoms with Gasteiger partial charge in [-0.3, -0.25) is 0 Å². The SMILES string of the molecule is NNc1ccc2[nH+]ccn2n1. The van der Waals surface area contributed by atoms with E-state index in [0.717, 1.165) is 5.65 Å². The second-order valence-electron chi connectivity index (χ2n) is 2.15. The Labute approximate surface area is 62.8 Å². The molecule has 11 heavy (non-hydrogen) atoms. The first-order valence-electron chi connectivity index (χ1n) is 3.23. The average molecular weight is 150 g/mol. The van der Waals surface area contributed by atoms with Gasteiger partial charge in [-0.1, -0.05) is 9.61 Å². The van der Waals surface area contributed by atoms with Gasteiger partial charge in [-0.15, -0.1) is 0 Å². The highest BCUT2D eigenvalue weighted by Crippen LogP contribution is 2.00. The lowest BCUT2D eigenvalue weighted by molar-refractivity contribution is -0.344. The molecule has 2 rings (SSSR count).